The molecule has 0 unspecified atom stereocenters. The second-order valence-electron chi connectivity index (χ2n) is 4.96. The number of halogens is 3. The molecule has 0 fully saturated rings. The van der Waals surface area contributed by atoms with Gasteiger partial charge in [0.1, 0.15) is 5.82 Å². The lowest BCUT2D eigenvalue weighted by molar-refractivity contribution is -0.119. The van der Waals surface area contributed by atoms with Crippen molar-refractivity contribution in [2.75, 3.05) is 11.9 Å². The van der Waals surface area contributed by atoms with E-state index in [4.69, 9.17) is 39.5 Å². The summed E-state index contributed by atoms with van der Waals surface area (Å²) >= 11 is 17.5. The molecule has 10 heteroatoms. The van der Waals surface area contributed by atoms with E-state index >= 15 is 0 Å². The highest BCUT2D eigenvalue weighted by molar-refractivity contribution is 6.48. The number of carbonyl (C=O) groups excluding carboxylic acids is 2. The van der Waals surface area contributed by atoms with Gasteiger partial charge in [0.25, 0.3) is 5.91 Å². The Hall–Kier alpha value is -1.83. The van der Waals surface area contributed by atoms with Gasteiger partial charge in [-0.2, -0.15) is 5.10 Å². The van der Waals surface area contributed by atoms with Crippen molar-refractivity contribution in [3.8, 4) is 0 Å². The van der Waals surface area contributed by atoms with Crippen molar-refractivity contribution < 1.29 is 14.3 Å². The van der Waals surface area contributed by atoms with Crippen LogP contribution in [0.1, 0.15) is 30.4 Å². The fraction of sp³-hybridized carbons (Fsp3) is 0.286. The number of ether oxygens (including phenoxy) is 1. The van der Waals surface area contributed by atoms with E-state index in [1.54, 1.807) is 16.9 Å². The van der Waals surface area contributed by atoms with Crippen molar-refractivity contribution in [3.63, 3.8) is 0 Å². The number of esters is 1. The van der Waals surface area contributed by atoms with E-state index in [1.165, 1.54) is 6.20 Å². The molecule has 1 N–H and O–H groups in total. The Morgan fingerprint density at radius 1 is 1.29 bits per heavy atom. The molecule has 0 aliphatic heterocycles. The molecule has 2 aromatic rings. The third-order valence-electron chi connectivity index (χ3n) is 2.87. The zero-order valence-corrected chi connectivity index (χ0v) is 15.0. The number of nitrogens with zero attached hydrogens (tertiary/aromatic N) is 3. The largest absolute Gasteiger partial charge is 0.451 e. The summed E-state index contributed by atoms with van der Waals surface area (Å²) in [5, 5.41) is 6.65. The van der Waals surface area contributed by atoms with Crippen LogP contribution in [-0.2, 0) is 9.53 Å². The molecule has 0 saturated heterocycles. The second-order valence-corrected chi connectivity index (χ2v) is 6.12. The molecule has 0 aliphatic rings. The number of amides is 1. The fourth-order valence-electron chi connectivity index (χ4n) is 1.79. The molecule has 2 aromatic heterocycles. The lowest BCUT2D eigenvalue weighted by atomic mass is 10.3. The van der Waals surface area contributed by atoms with Crippen LogP contribution in [0.2, 0.25) is 15.1 Å². The van der Waals surface area contributed by atoms with Crippen LogP contribution in [0.4, 0.5) is 5.82 Å². The highest BCUT2D eigenvalue weighted by Gasteiger charge is 2.19. The van der Waals surface area contributed by atoms with Crippen LogP contribution in [0.3, 0.4) is 0 Å². The van der Waals surface area contributed by atoms with Gasteiger partial charge in [0.15, 0.2) is 12.3 Å². The SMILES string of the molecule is CC(C)n1nccc1NC(=O)COC(=O)c1ncc(Cl)c(Cl)c1Cl. The molecule has 0 aliphatic carbocycles. The number of anilines is 1. The molecule has 2 rings (SSSR count). The van der Waals surface area contributed by atoms with Gasteiger partial charge >= 0.3 is 5.97 Å². The molecule has 24 heavy (non-hydrogen) atoms. The van der Waals surface area contributed by atoms with Crippen LogP contribution < -0.4 is 5.32 Å². The van der Waals surface area contributed by atoms with Crippen molar-refractivity contribution in [1.82, 2.24) is 14.8 Å². The Kier molecular flexibility index (Phi) is 6.04. The fourth-order valence-corrected chi connectivity index (χ4v) is 2.35. The number of pyridine rings is 1. The van der Waals surface area contributed by atoms with Gasteiger partial charge in [-0.1, -0.05) is 34.8 Å². The predicted molar refractivity (Wildman–Crippen MR) is 90.8 cm³/mol. The molecule has 128 valence electrons. The van der Waals surface area contributed by atoms with Gasteiger partial charge in [0, 0.05) is 18.3 Å². The summed E-state index contributed by atoms with van der Waals surface area (Å²) < 4.78 is 6.51. The minimum atomic E-state index is -0.883. The van der Waals surface area contributed by atoms with Crippen LogP contribution >= 0.6 is 34.8 Å². The summed E-state index contributed by atoms with van der Waals surface area (Å²) in [7, 11) is 0. The lowest BCUT2D eigenvalue weighted by Crippen LogP contribution is -2.23. The smallest absolute Gasteiger partial charge is 0.359 e. The van der Waals surface area contributed by atoms with Crippen LogP contribution in [0.25, 0.3) is 0 Å². The lowest BCUT2D eigenvalue weighted by Gasteiger charge is -2.12. The molecule has 0 bridgehead atoms. The highest BCUT2D eigenvalue weighted by atomic mass is 35.5. The average molecular weight is 392 g/mol. The number of aromatic nitrogens is 3. The summed E-state index contributed by atoms with van der Waals surface area (Å²) in [6.07, 6.45) is 2.73. The van der Waals surface area contributed by atoms with Crippen molar-refractivity contribution in [2.45, 2.75) is 19.9 Å². The molecular formula is C14H13Cl3N4O3. The Balaban J connectivity index is 1.98. The zero-order chi connectivity index (χ0) is 17.9. The Bertz CT molecular complexity index is 777. The Labute approximate surface area is 152 Å². The summed E-state index contributed by atoms with van der Waals surface area (Å²) in [5.74, 6) is -0.912. The van der Waals surface area contributed by atoms with E-state index in [0.29, 0.717) is 5.82 Å². The maximum Gasteiger partial charge on any atom is 0.359 e. The standard InChI is InChI=1S/C14H13Cl3N4O3/c1-7(2)21-9(3-4-19-21)20-10(22)6-24-14(23)13-12(17)11(16)8(15)5-18-13/h3-5,7H,6H2,1-2H3,(H,20,22). The number of carbonyl (C=O) groups is 2. The first-order chi connectivity index (χ1) is 11.3. The van der Waals surface area contributed by atoms with E-state index in [0.717, 1.165) is 0 Å². The van der Waals surface area contributed by atoms with Crippen LogP contribution in [0.5, 0.6) is 0 Å². The Morgan fingerprint density at radius 2 is 2.00 bits per heavy atom. The average Bonchev–Trinajstić information content (AvgIpc) is 2.99. The molecule has 0 aromatic carbocycles. The third kappa shape index (κ3) is 4.17. The van der Waals surface area contributed by atoms with E-state index in [1.807, 2.05) is 13.8 Å². The number of hydrogen-bond donors (Lipinski definition) is 1. The van der Waals surface area contributed by atoms with E-state index in [2.05, 4.69) is 15.4 Å². The van der Waals surface area contributed by atoms with Gasteiger partial charge in [0.05, 0.1) is 21.3 Å². The first kappa shape index (κ1) is 18.5. The molecule has 2 heterocycles. The van der Waals surface area contributed by atoms with Crippen molar-refractivity contribution in [3.05, 3.63) is 39.2 Å². The second kappa shape index (κ2) is 7.83. The molecule has 0 radical (unpaired) electrons. The molecule has 0 spiro atoms. The predicted octanol–water partition coefficient (Wildman–Crippen LogP) is 3.61. The van der Waals surface area contributed by atoms with E-state index < -0.39 is 18.5 Å². The van der Waals surface area contributed by atoms with Gasteiger partial charge < -0.3 is 10.1 Å². The highest BCUT2D eigenvalue weighted by Crippen LogP contribution is 2.31. The first-order valence-corrected chi connectivity index (χ1v) is 7.94. The maximum absolute atomic E-state index is 11.9. The topological polar surface area (TPSA) is 86.1 Å². The summed E-state index contributed by atoms with van der Waals surface area (Å²) in [5.41, 5.74) is -0.217. The quantitative estimate of drug-likeness (QED) is 0.787. The minimum absolute atomic E-state index is 0.00873. The van der Waals surface area contributed by atoms with Crippen LogP contribution in [-0.4, -0.2) is 33.2 Å². The van der Waals surface area contributed by atoms with Gasteiger partial charge in [-0.25, -0.2) is 14.5 Å². The molecule has 7 nitrogen and oxygen atoms in total. The molecular weight excluding hydrogens is 379 g/mol. The zero-order valence-electron chi connectivity index (χ0n) is 12.7. The number of rotatable bonds is 5. The normalized spacial score (nSPS) is 10.8. The van der Waals surface area contributed by atoms with Crippen molar-refractivity contribution >= 4 is 52.5 Å². The third-order valence-corrected chi connectivity index (χ3v) is 4.11. The van der Waals surface area contributed by atoms with Crippen molar-refractivity contribution in [1.29, 1.82) is 0 Å². The van der Waals surface area contributed by atoms with Gasteiger partial charge in [0.2, 0.25) is 0 Å². The van der Waals surface area contributed by atoms with E-state index in [9.17, 15) is 9.59 Å². The molecule has 0 saturated carbocycles. The summed E-state index contributed by atoms with van der Waals surface area (Å²) in [6, 6.07) is 1.70. The van der Waals surface area contributed by atoms with E-state index in [-0.39, 0.29) is 26.8 Å². The van der Waals surface area contributed by atoms with Crippen molar-refractivity contribution in [2.24, 2.45) is 0 Å². The monoisotopic (exact) mass is 390 g/mol. The number of nitrogens with one attached hydrogen (secondary N) is 1. The summed E-state index contributed by atoms with van der Waals surface area (Å²) in [6.45, 7) is 3.32. The van der Waals surface area contributed by atoms with Gasteiger partial charge in [-0.15, -0.1) is 0 Å². The minimum Gasteiger partial charge on any atom is -0.451 e. The molecule has 0 atom stereocenters. The van der Waals surface area contributed by atoms with Crippen LogP contribution in [0.15, 0.2) is 18.5 Å². The Morgan fingerprint density at radius 3 is 2.67 bits per heavy atom. The number of hydrogen-bond acceptors (Lipinski definition) is 5. The molecule has 1 amide bonds. The van der Waals surface area contributed by atoms with Crippen LogP contribution in [0, 0.1) is 0 Å². The first-order valence-electron chi connectivity index (χ1n) is 6.81. The summed E-state index contributed by atoms with van der Waals surface area (Å²) in [4.78, 5) is 27.6. The van der Waals surface area contributed by atoms with Gasteiger partial charge in [-0.05, 0) is 13.8 Å². The van der Waals surface area contributed by atoms with Gasteiger partial charge in [-0.3, -0.25) is 4.79 Å². The maximum atomic E-state index is 11.9.